The highest BCUT2D eigenvalue weighted by atomic mass is 32.2. The van der Waals surface area contributed by atoms with Crippen LogP contribution in [0.15, 0.2) is 58.2 Å². The van der Waals surface area contributed by atoms with Crippen molar-refractivity contribution in [2.24, 2.45) is 0 Å². The molecule has 9 nitrogen and oxygen atoms in total. The summed E-state index contributed by atoms with van der Waals surface area (Å²) in [6.07, 6.45) is 7.57. The third-order valence-electron chi connectivity index (χ3n) is 7.19. The number of anilines is 1. The number of thioether (sulfide) groups is 1. The van der Waals surface area contributed by atoms with Crippen LogP contribution in [-0.4, -0.2) is 61.7 Å². The minimum atomic E-state index is -2.84. The number of carbonyl (C=O) groups is 1. The number of nitrogens with zero attached hydrogens (tertiary/aromatic N) is 7. The first kappa shape index (κ1) is 27.9. The van der Waals surface area contributed by atoms with Crippen molar-refractivity contribution in [2.75, 3.05) is 24.2 Å². The number of pyridine rings is 1. The van der Waals surface area contributed by atoms with Crippen LogP contribution < -0.4 is 4.90 Å². The van der Waals surface area contributed by atoms with Crippen LogP contribution >= 0.6 is 11.8 Å². The molecule has 1 aliphatic rings. The SMILES string of the molecule is CSc1cc(-c2cnn(C3CCN(C(C)C)CC3)c2)ccc1N(C=O)Cc1ccc(-c2nnc(C(F)F)o2)cn1. The number of halogens is 2. The van der Waals surface area contributed by atoms with Gasteiger partial charge in [-0.15, -0.1) is 22.0 Å². The van der Waals surface area contributed by atoms with Gasteiger partial charge < -0.3 is 14.2 Å². The van der Waals surface area contributed by atoms with E-state index in [1.54, 1.807) is 28.8 Å². The van der Waals surface area contributed by atoms with E-state index in [1.165, 1.54) is 6.20 Å². The quantitative estimate of drug-likeness (QED) is 0.174. The molecule has 1 aromatic carbocycles. The third-order valence-corrected chi connectivity index (χ3v) is 7.95. The molecule has 1 fully saturated rings. The van der Waals surface area contributed by atoms with Gasteiger partial charge >= 0.3 is 6.43 Å². The second-order valence-electron chi connectivity index (χ2n) is 9.97. The van der Waals surface area contributed by atoms with Crippen molar-refractivity contribution in [3.63, 3.8) is 0 Å². The molecule has 0 atom stereocenters. The Morgan fingerprint density at radius 3 is 2.50 bits per heavy atom. The second-order valence-corrected chi connectivity index (χ2v) is 10.8. The number of hydrogen-bond donors (Lipinski definition) is 0. The fourth-order valence-electron chi connectivity index (χ4n) is 4.89. The lowest BCUT2D eigenvalue weighted by Crippen LogP contribution is -2.39. The van der Waals surface area contributed by atoms with E-state index in [2.05, 4.69) is 56.0 Å². The van der Waals surface area contributed by atoms with Crippen LogP contribution in [0.3, 0.4) is 0 Å². The lowest BCUT2D eigenvalue weighted by atomic mass is 10.0. The topological polar surface area (TPSA) is 93.2 Å². The fourth-order valence-corrected chi connectivity index (χ4v) is 5.52. The molecule has 0 unspecified atom stereocenters. The molecule has 40 heavy (non-hydrogen) atoms. The van der Waals surface area contributed by atoms with Crippen LogP contribution in [0, 0.1) is 0 Å². The second kappa shape index (κ2) is 12.3. The molecular weight excluding hydrogens is 536 g/mol. The Morgan fingerprint density at radius 2 is 1.88 bits per heavy atom. The van der Waals surface area contributed by atoms with Crippen LogP contribution in [0.1, 0.15) is 50.7 Å². The third kappa shape index (κ3) is 6.07. The zero-order valence-corrected chi connectivity index (χ0v) is 23.4. The van der Waals surface area contributed by atoms with Crippen LogP contribution in [-0.2, 0) is 11.3 Å². The van der Waals surface area contributed by atoms with E-state index in [0.29, 0.717) is 23.3 Å². The van der Waals surface area contributed by atoms with Crippen molar-refractivity contribution < 1.29 is 18.0 Å². The summed E-state index contributed by atoms with van der Waals surface area (Å²) < 4.78 is 32.6. The van der Waals surface area contributed by atoms with E-state index >= 15 is 0 Å². The van der Waals surface area contributed by atoms with Gasteiger partial charge in [0, 0.05) is 42.0 Å². The molecule has 0 spiro atoms. The van der Waals surface area contributed by atoms with Gasteiger partial charge in [0.25, 0.3) is 5.89 Å². The Morgan fingerprint density at radius 1 is 1.10 bits per heavy atom. The molecule has 5 rings (SSSR count). The van der Waals surface area contributed by atoms with Crippen molar-refractivity contribution in [3.8, 4) is 22.6 Å². The van der Waals surface area contributed by atoms with Crippen molar-refractivity contribution in [3.05, 3.63) is 60.5 Å². The van der Waals surface area contributed by atoms with Crippen LogP contribution in [0.2, 0.25) is 0 Å². The van der Waals surface area contributed by atoms with E-state index in [4.69, 9.17) is 4.42 Å². The largest absolute Gasteiger partial charge is 0.415 e. The molecule has 12 heteroatoms. The molecule has 0 aliphatic carbocycles. The van der Waals surface area contributed by atoms with Gasteiger partial charge in [0.2, 0.25) is 12.3 Å². The minimum Gasteiger partial charge on any atom is -0.415 e. The van der Waals surface area contributed by atoms with E-state index in [-0.39, 0.29) is 12.4 Å². The minimum absolute atomic E-state index is 0.0359. The first-order valence-corrected chi connectivity index (χ1v) is 14.3. The van der Waals surface area contributed by atoms with Crippen molar-refractivity contribution >= 4 is 23.9 Å². The maximum absolute atomic E-state index is 12.7. The Bertz CT molecular complexity index is 1430. The lowest BCUT2D eigenvalue weighted by molar-refractivity contribution is -0.107. The summed E-state index contributed by atoms with van der Waals surface area (Å²) in [5.41, 5.74) is 3.88. The summed E-state index contributed by atoms with van der Waals surface area (Å²) in [7, 11) is 0. The number of benzene rings is 1. The molecule has 1 saturated heterocycles. The number of amides is 1. The van der Waals surface area contributed by atoms with E-state index in [9.17, 15) is 13.6 Å². The number of alkyl halides is 2. The number of rotatable bonds is 10. The first-order valence-electron chi connectivity index (χ1n) is 13.1. The Balaban J connectivity index is 1.29. The van der Waals surface area contributed by atoms with Crippen LogP contribution in [0.5, 0.6) is 0 Å². The molecular formula is C28H31F2N7O2S. The molecule has 1 amide bonds. The smallest absolute Gasteiger partial charge is 0.314 e. The van der Waals surface area contributed by atoms with Gasteiger partial charge in [-0.3, -0.25) is 14.5 Å². The van der Waals surface area contributed by atoms with Gasteiger partial charge in [0.15, 0.2) is 0 Å². The zero-order chi connectivity index (χ0) is 28.2. The predicted octanol–water partition coefficient (Wildman–Crippen LogP) is 5.86. The van der Waals surface area contributed by atoms with Gasteiger partial charge in [-0.2, -0.15) is 13.9 Å². The fraction of sp³-hybridized carbons (Fsp3) is 0.393. The Hall–Kier alpha value is -3.64. The summed E-state index contributed by atoms with van der Waals surface area (Å²) in [6.45, 7) is 6.88. The molecule has 1 aliphatic heterocycles. The van der Waals surface area contributed by atoms with E-state index < -0.39 is 12.3 Å². The Kier molecular flexibility index (Phi) is 8.55. The standard InChI is InChI=1S/C28H31F2N7O2S/c1-18(2)35-10-8-23(9-11-35)37-15-21(14-32-37)19-5-7-24(25(12-19)40-3)36(17-38)16-22-6-4-20(13-31-22)27-33-34-28(39-27)26(29)30/h4-7,12-15,17-18,23,26H,8-11,16H2,1-3H3. The molecule has 4 heterocycles. The highest BCUT2D eigenvalue weighted by molar-refractivity contribution is 7.98. The molecule has 0 saturated carbocycles. The van der Waals surface area contributed by atoms with Gasteiger partial charge in [-0.25, -0.2) is 0 Å². The monoisotopic (exact) mass is 567 g/mol. The van der Waals surface area contributed by atoms with E-state index in [0.717, 1.165) is 54.1 Å². The number of hydrogen-bond acceptors (Lipinski definition) is 8. The number of piperidine rings is 1. The number of carbonyl (C=O) groups excluding carboxylic acids is 1. The Labute approximate surface area is 235 Å². The highest BCUT2D eigenvalue weighted by Gasteiger charge is 2.23. The molecule has 210 valence electrons. The zero-order valence-electron chi connectivity index (χ0n) is 22.6. The summed E-state index contributed by atoms with van der Waals surface area (Å²) in [5.74, 6) is -0.773. The average Bonchev–Trinajstić information content (AvgIpc) is 3.67. The first-order chi connectivity index (χ1) is 19.4. The molecule has 4 aromatic rings. The lowest BCUT2D eigenvalue weighted by Gasteiger charge is -2.34. The van der Waals surface area contributed by atoms with Crippen LogP contribution in [0.4, 0.5) is 14.5 Å². The van der Waals surface area contributed by atoms with E-state index in [1.807, 2.05) is 24.6 Å². The summed E-state index contributed by atoms with van der Waals surface area (Å²) in [4.78, 5) is 21.5. The maximum atomic E-state index is 12.7. The van der Waals surface area contributed by atoms with Crippen molar-refractivity contribution in [1.29, 1.82) is 0 Å². The molecule has 3 aromatic heterocycles. The van der Waals surface area contributed by atoms with Crippen molar-refractivity contribution in [2.45, 2.75) is 56.6 Å². The average molecular weight is 568 g/mol. The normalized spacial score (nSPS) is 14.8. The summed E-state index contributed by atoms with van der Waals surface area (Å²) in [6, 6.07) is 10.3. The van der Waals surface area contributed by atoms with Gasteiger partial charge in [0.05, 0.1) is 35.7 Å². The maximum Gasteiger partial charge on any atom is 0.314 e. The summed E-state index contributed by atoms with van der Waals surface area (Å²) >= 11 is 1.56. The number of aromatic nitrogens is 5. The van der Waals surface area contributed by atoms with Crippen molar-refractivity contribution in [1.82, 2.24) is 29.9 Å². The predicted molar refractivity (Wildman–Crippen MR) is 149 cm³/mol. The molecule has 0 bridgehead atoms. The number of likely N-dealkylation sites (tertiary alicyclic amines) is 1. The van der Waals surface area contributed by atoms with Gasteiger partial charge in [0.1, 0.15) is 0 Å². The molecule has 0 N–H and O–H groups in total. The van der Waals surface area contributed by atoms with Crippen LogP contribution in [0.25, 0.3) is 22.6 Å². The summed E-state index contributed by atoms with van der Waals surface area (Å²) in [5, 5.41) is 11.7. The molecule has 0 radical (unpaired) electrons. The highest BCUT2D eigenvalue weighted by Crippen LogP contribution is 2.34. The van der Waals surface area contributed by atoms with Gasteiger partial charge in [-0.05, 0) is 62.8 Å². The van der Waals surface area contributed by atoms with Gasteiger partial charge in [-0.1, -0.05) is 6.07 Å².